The Balaban J connectivity index is 2.09. The molecule has 7 nitrogen and oxygen atoms in total. The van der Waals surface area contributed by atoms with Crippen molar-refractivity contribution in [2.45, 2.75) is 52.2 Å². The molecule has 0 fully saturated rings. The molecule has 0 aliphatic carbocycles. The minimum absolute atomic E-state index is 0.0101. The third kappa shape index (κ3) is 9.10. The van der Waals surface area contributed by atoms with Gasteiger partial charge in [-0.15, -0.1) is 0 Å². The van der Waals surface area contributed by atoms with Gasteiger partial charge in [0.05, 0.1) is 27.0 Å². The molecule has 0 heterocycles. The Labute approximate surface area is 257 Å². The molecule has 3 aromatic carbocycles. The van der Waals surface area contributed by atoms with Gasteiger partial charge in [-0.1, -0.05) is 102 Å². The summed E-state index contributed by atoms with van der Waals surface area (Å²) in [6.07, 6.45) is 1.90. The minimum atomic E-state index is -4.01. The van der Waals surface area contributed by atoms with Gasteiger partial charge in [0.15, 0.2) is 0 Å². The SMILES string of the molecule is CC[C@H](C)NC(=O)[C@@H](Cc1ccccc1)N(Cc1ccc(C)cc1)C(=O)CN(c1cc(Cl)c(Cl)cc1Cl)S(C)(=O)=O. The Hall–Kier alpha value is -2.78. The molecule has 0 bridgehead atoms. The van der Waals surface area contributed by atoms with Crippen LogP contribution in [0.2, 0.25) is 15.1 Å². The van der Waals surface area contributed by atoms with Crippen LogP contribution in [0.5, 0.6) is 0 Å². The predicted molar refractivity (Wildman–Crippen MR) is 167 cm³/mol. The first-order valence-corrected chi connectivity index (χ1v) is 16.1. The fourth-order valence-electron chi connectivity index (χ4n) is 4.18. The Morgan fingerprint density at radius 3 is 2.10 bits per heavy atom. The highest BCUT2D eigenvalue weighted by molar-refractivity contribution is 7.92. The zero-order chi connectivity index (χ0) is 30.3. The second kappa shape index (κ2) is 14.4. The summed E-state index contributed by atoms with van der Waals surface area (Å²) < 4.78 is 26.8. The van der Waals surface area contributed by atoms with E-state index < -0.39 is 28.5 Å². The molecule has 0 spiro atoms. The highest BCUT2D eigenvalue weighted by Gasteiger charge is 2.34. The van der Waals surface area contributed by atoms with Crippen molar-refractivity contribution in [3.63, 3.8) is 0 Å². The number of nitrogens with one attached hydrogen (secondary N) is 1. The van der Waals surface area contributed by atoms with Crippen LogP contribution < -0.4 is 9.62 Å². The zero-order valence-corrected chi connectivity index (χ0v) is 26.5. The second-order valence-electron chi connectivity index (χ2n) is 10.0. The summed E-state index contributed by atoms with van der Waals surface area (Å²) in [5, 5.41) is 3.24. The van der Waals surface area contributed by atoms with Gasteiger partial charge in [-0.05, 0) is 43.5 Å². The molecule has 3 rings (SSSR count). The molecule has 0 unspecified atom stereocenters. The standard InChI is InChI=1S/C30H34Cl3N3O4S/c1-5-21(3)34-30(38)28(15-22-9-7-6-8-10-22)35(18-23-13-11-20(2)12-14-23)29(37)19-36(41(4,39)40)27-17-25(32)24(31)16-26(27)33/h6-14,16-17,21,28H,5,15,18-19H2,1-4H3,(H,34,38)/t21-,28+/m0/s1. The van der Waals surface area contributed by atoms with Crippen molar-refractivity contribution in [2.75, 3.05) is 17.1 Å². The smallest absolute Gasteiger partial charge is 0.244 e. The summed E-state index contributed by atoms with van der Waals surface area (Å²) in [5.41, 5.74) is 2.69. The lowest BCUT2D eigenvalue weighted by Gasteiger charge is -2.34. The molecule has 0 aromatic heterocycles. The number of nitrogens with zero attached hydrogens (tertiary/aromatic N) is 2. The fraction of sp³-hybridized carbons (Fsp3) is 0.333. The molecule has 41 heavy (non-hydrogen) atoms. The molecular formula is C30H34Cl3N3O4S. The molecular weight excluding hydrogens is 605 g/mol. The van der Waals surface area contributed by atoms with Crippen LogP contribution in [0.1, 0.15) is 37.0 Å². The largest absolute Gasteiger partial charge is 0.352 e. The first-order chi connectivity index (χ1) is 19.3. The summed E-state index contributed by atoms with van der Waals surface area (Å²) in [7, 11) is -4.01. The third-order valence-electron chi connectivity index (χ3n) is 6.68. The second-order valence-corrected chi connectivity index (χ2v) is 13.1. The van der Waals surface area contributed by atoms with Crippen LogP contribution in [0.25, 0.3) is 0 Å². The van der Waals surface area contributed by atoms with Gasteiger partial charge >= 0.3 is 0 Å². The van der Waals surface area contributed by atoms with Crippen LogP contribution in [-0.4, -0.2) is 50.0 Å². The average molecular weight is 639 g/mol. The Morgan fingerprint density at radius 1 is 0.902 bits per heavy atom. The first-order valence-electron chi connectivity index (χ1n) is 13.1. The van der Waals surface area contributed by atoms with E-state index in [1.807, 2.05) is 75.4 Å². The van der Waals surface area contributed by atoms with Gasteiger partial charge in [0.1, 0.15) is 12.6 Å². The summed E-state index contributed by atoms with van der Waals surface area (Å²) >= 11 is 18.6. The van der Waals surface area contributed by atoms with E-state index in [9.17, 15) is 18.0 Å². The Bertz CT molecular complexity index is 1470. The van der Waals surface area contributed by atoms with E-state index >= 15 is 0 Å². The number of aryl methyl sites for hydroxylation is 1. The molecule has 3 aromatic rings. The quantitative estimate of drug-likeness (QED) is 0.237. The first kappa shape index (κ1) is 32.7. The number of anilines is 1. The van der Waals surface area contributed by atoms with Crippen molar-refractivity contribution in [3.05, 3.63) is 98.5 Å². The van der Waals surface area contributed by atoms with Crippen molar-refractivity contribution in [3.8, 4) is 0 Å². The lowest BCUT2D eigenvalue weighted by atomic mass is 10.0. The lowest BCUT2D eigenvalue weighted by molar-refractivity contribution is -0.140. The van der Waals surface area contributed by atoms with Gasteiger partial charge in [-0.3, -0.25) is 13.9 Å². The number of hydrogen-bond donors (Lipinski definition) is 1. The average Bonchev–Trinajstić information content (AvgIpc) is 2.92. The fourth-order valence-corrected chi connectivity index (χ4v) is 5.73. The topological polar surface area (TPSA) is 86.8 Å². The number of carbonyl (C=O) groups is 2. The van der Waals surface area contributed by atoms with Gasteiger partial charge in [-0.2, -0.15) is 0 Å². The maximum Gasteiger partial charge on any atom is 0.244 e. The van der Waals surface area contributed by atoms with E-state index in [-0.39, 0.29) is 45.7 Å². The van der Waals surface area contributed by atoms with Crippen molar-refractivity contribution >= 4 is 62.3 Å². The normalized spacial score (nSPS) is 12.9. The number of halogens is 3. The summed E-state index contributed by atoms with van der Waals surface area (Å²) in [6.45, 7) is 5.27. The zero-order valence-electron chi connectivity index (χ0n) is 23.4. The Kier molecular flexibility index (Phi) is 11.5. The predicted octanol–water partition coefficient (Wildman–Crippen LogP) is 6.28. The van der Waals surface area contributed by atoms with E-state index in [0.29, 0.717) is 6.42 Å². The molecule has 220 valence electrons. The number of amides is 2. The van der Waals surface area contributed by atoms with Crippen LogP contribution >= 0.6 is 34.8 Å². The monoisotopic (exact) mass is 637 g/mol. The number of rotatable bonds is 12. The van der Waals surface area contributed by atoms with Gasteiger partial charge in [0.25, 0.3) is 0 Å². The molecule has 11 heteroatoms. The van der Waals surface area contributed by atoms with Gasteiger partial charge in [0.2, 0.25) is 21.8 Å². The molecule has 0 saturated heterocycles. The van der Waals surface area contributed by atoms with Gasteiger partial charge in [-0.25, -0.2) is 8.42 Å². The van der Waals surface area contributed by atoms with Crippen molar-refractivity contribution in [1.82, 2.24) is 10.2 Å². The molecule has 0 radical (unpaired) electrons. The van der Waals surface area contributed by atoms with Crippen LogP contribution in [0.3, 0.4) is 0 Å². The van der Waals surface area contributed by atoms with Crippen LogP contribution in [0.15, 0.2) is 66.7 Å². The lowest BCUT2D eigenvalue weighted by Crippen LogP contribution is -2.54. The number of hydrogen-bond acceptors (Lipinski definition) is 4. The van der Waals surface area contributed by atoms with Crippen LogP contribution in [0, 0.1) is 6.92 Å². The Morgan fingerprint density at radius 2 is 1.51 bits per heavy atom. The number of sulfonamides is 1. The van der Waals surface area contributed by atoms with Crippen molar-refractivity contribution < 1.29 is 18.0 Å². The summed E-state index contributed by atoms with van der Waals surface area (Å²) in [5.74, 6) is -0.916. The number of carbonyl (C=O) groups excluding carboxylic acids is 2. The van der Waals surface area contributed by atoms with Crippen molar-refractivity contribution in [1.29, 1.82) is 0 Å². The van der Waals surface area contributed by atoms with E-state index in [1.54, 1.807) is 0 Å². The van der Waals surface area contributed by atoms with Crippen LogP contribution in [0.4, 0.5) is 5.69 Å². The van der Waals surface area contributed by atoms with Crippen LogP contribution in [-0.2, 0) is 32.6 Å². The molecule has 1 N–H and O–H groups in total. The third-order valence-corrected chi connectivity index (χ3v) is 8.83. The molecule has 0 aliphatic heterocycles. The number of benzene rings is 3. The van der Waals surface area contributed by atoms with E-state index in [1.165, 1.54) is 17.0 Å². The van der Waals surface area contributed by atoms with E-state index in [0.717, 1.165) is 27.3 Å². The highest BCUT2D eigenvalue weighted by atomic mass is 35.5. The summed E-state index contributed by atoms with van der Waals surface area (Å²) in [4.78, 5) is 29.3. The maximum atomic E-state index is 14.1. The van der Waals surface area contributed by atoms with Gasteiger partial charge in [0, 0.05) is 19.0 Å². The highest BCUT2D eigenvalue weighted by Crippen LogP contribution is 2.35. The van der Waals surface area contributed by atoms with E-state index in [2.05, 4.69) is 5.32 Å². The van der Waals surface area contributed by atoms with E-state index in [4.69, 9.17) is 34.8 Å². The molecule has 2 amide bonds. The molecule has 0 saturated carbocycles. The summed E-state index contributed by atoms with van der Waals surface area (Å²) in [6, 6.07) is 18.6. The van der Waals surface area contributed by atoms with Crippen molar-refractivity contribution in [2.24, 2.45) is 0 Å². The van der Waals surface area contributed by atoms with Gasteiger partial charge < -0.3 is 10.2 Å². The minimum Gasteiger partial charge on any atom is -0.352 e. The molecule has 2 atom stereocenters. The molecule has 0 aliphatic rings. The maximum absolute atomic E-state index is 14.1.